The smallest absolute Gasteiger partial charge is 0.252 e. The summed E-state index contributed by atoms with van der Waals surface area (Å²) in [5.41, 5.74) is 11.4. The van der Waals surface area contributed by atoms with Gasteiger partial charge < -0.3 is 29.4 Å². The lowest BCUT2D eigenvalue weighted by Gasteiger charge is -2.30. The SMILES string of the molecule is COc1ccc(CCNC(=O)[C@]2(C/C=C/c3ccccc3)N=C(c3ccc(OCCCO)cc3)O[C@@H]2c2ccccc2N=[N+]=[N-])cc1OC. The average molecular weight is 662 g/mol. The molecule has 4 aromatic carbocycles. The average Bonchev–Trinajstić information content (AvgIpc) is 3.53. The molecule has 11 nitrogen and oxygen atoms in total. The largest absolute Gasteiger partial charge is 0.494 e. The summed E-state index contributed by atoms with van der Waals surface area (Å²) < 4.78 is 23.1. The van der Waals surface area contributed by atoms with Crippen molar-refractivity contribution < 1.29 is 28.8 Å². The molecular weight excluding hydrogens is 622 g/mol. The van der Waals surface area contributed by atoms with Gasteiger partial charge in [-0.05, 0) is 59.5 Å². The Balaban J connectivity index is 1.52. The van der Waals surface area contributed by atoms with Gasteiger partial charge in [-0.25, -0.2) is 4.99 Å². The van der Waals surface area contributed by atoms with Crippen molar-refractivity contribution in [2.75, 3.05) is 34.0 Å². The zero-order chi connectivity index (χ0) is 34.5. The summed E-state index contributed by atoms with van der Waals surface area (Å²) >= 11 is 0. The Morgan fingerprint density at radius 3 is 2.51 bits per heavy atom. The van der Waals surface area contributed by atoms with Gasteiger partial charge in [0.05, 0.1) is 20.8 Å². The normalized spacial score (nSPS) is 16.7. The van der Waals surface area contributed by atoms with E-state index in [0.717, 1.165) is 11.1 Å². The van der Waals surface area contributed by atoms with E-state index in [2.05, 4.69) is 15.3 Å². The number of nitrogens with zero attached hydrogens (tertiary/aromatic N) is 4. The van der Waals surface area contributed by atoms with Gasteiger partial charge in [-0.2, -0.15) is 0 Å². The van der Waals surface area contributed by atoms with E-state index in [-0.39, 0.29) is 24.8 Å². The van der Waals surface area contributed by atoms with Crippen LogP contribution < -0.4 is 19.5 Å². The highest BCUT2D eigenvalue weighted by atomic mass is 16.5. The molecule has 252 valence electrons. The zero-order valence-corrected chi connectivity index (χ0v) is 27.5. The van der Waals surface area contributed by atoms with Gasteiger partial charge in [0.15, 0.2) is 23.1 Å². The molecule has 49 heavy (non-hydrogen) atoms. The fraction of sp³-hybridized carbons (Fsp3) is 0.263. The number of aliphatic imine (C=N–C) groups is 1. The molecule has 1 amide bonds. The van der Waals surface area contributed by atoms with E-state index in [9.17, 15) is 10.3 Å². The maximum atomic E-state index is 14.5. The van der Waals surface area contributed by atoms with E-state index in [1.165, 1.54) is 0 Å². The molecule has 11 heteroatoms. The molecule has 2 atom stereocenters. The van der Waals surface area contributed by atoms with E-state index in [0.29, 0.717) is 60.1 Å². The van der Waals surface area contributed by atoms with E-state index in [1.54, 1.807) is 44.6 Å². The van der Waals surface area contributed by atoms with Crippen molar-refractivity contribution in [2.24, 2.45) is 10.1 Å². The van der Waals surface area contributed by atoms with E-state index >= 15 is 0 Å². The predicted octanol–water partition coefficient (Wildman–Crippen LogP) is 7.13. The standard InChI is InChI=1S/C38H39N5O6/c1-46-33-20-15-28(26-34(33)47-2)21-23-40-37(45)38(22-8-12-27-10-4-3-5-11-27)35(31-13-6-7-14-32(31)42-43-39)49-36(41-38)29-16-18-30(19-17-29)48-25-9-24-44/h3-8,10-20,26,35,44H,9,21-25H2,1-2H3,(H,40,45)/b12-8+/t35-,38-/m1/s1. The molecule has 4 aromatic rings. The van der Waals surface area contributed by atoms with Crippen LogP contribution in [0.2, 0.25) is 0 Å². The molecule has 5 rings (SSSR count). The van der Waals surface area contributed by atoms with Crippen LogP contribution in [0.25, 0.3) is 16.5 Å². The molecule has 0 fully saturated rings. The second-order valence-corrected chi connectivity index (χ2v) is 11.2. The van der Waals surface area contributed by atoms with Crippen molar-refractivity contribution in [3.05, 3.63) is 136 Å². The van der Waals surface area contributed by atoms with Gasteiger partial charge in [-0.15, -0.1) is 0 Å². The minimum atomic E-state index is -1.46. The minimum Gasteiger partial charge on any atom is -0.494 e. The number of rotatable bonds is 16. The van der Waals surface area contributed by atoms with Gasteiger partial charge in [0, 0.05) is 47.7 Å². The molecule has 0 saturated carbocycles. The van der Waals surface area contributed by atoms with Crippen molar-refractivity contribution in [1.29, 1.82) is 0 Å². The highest BCUT2D eigenvalue weighted by Crippen LogP contribution is 2.45. The van der Waals surface area contributed by atoms with Crippen molar-refractivity contribution in [2.45, 2.75) is 30.9 Å². The Morgan fingerprint density at radius 2 is 1.78 bits per heavy atom. The summed E-state index contributed by atoms with van der Waals surface area (Å²) in [5, 5.41) is 16.1. The van der Waals surface area contributed by atoms with Gasteiger partial charge in [0.1, 0.15) is 5.75 Å². The lowest BCUT2D eigenvalue weighted by atomic mass is 9.83. The van der Waals surface area contributed by atoms with E-state index in [4.69, 9.17) is 29.0 Å². The van der Waals surface area contributed by atoms with Crippen LogP contribution in [-0.2, 0) is 16.0 Å². The molecule has 1 heterocycles. The summed E-state index contributed by atoms with van der Waals surface area (Å²) in [7, 11) is 3.16. The fourth-order valence-corrected chi connectivity index (χ4v) is 5.59. The number of nitrogens with one attached hydrogen (secondary N) is 1. The van der Waals surface area contributed by atoms with Crippen LogP contribution in [-0.4, -0.2) is 56.4 Å². The fourth-order valence-electron chi connectivity index (χ4n) is 5.59. The first kappa shape index (κ1) is 34.6. The first-order chi connectivity index (χ1) is 24.0. The van der Waals surface area contributed by atoms with Crippen molar-refractivity contribution in [3.8, 4) is 17.2 Å². The number of carbonyl (C=O) groups is 1. The van der Waals surface area contributed by atoms with Gasteiger partial charge >= 0.3 is 0 Å². The Kier molecular flexibility index (Phi) is 11.9. The Morgan fingerprint density at radius 1 is 1.02 bits per heavy atom. The third-order valence-corrected chi connectivity index (χ3v) is 8.09. The van der Waals surface area contributed by atoms with Crippen molar-refractivity contribution >= 4 is 23.6 Å². The number of benzene rings is 4. The molecule has 0 aromatic heterocycles. The van der Waals surface area contributed by atoms with Gasteiger partial charge in [-0.3, -0.25) is 4.79 Å². The summed E-state index contributed by atoms with van der Waals surface area (Å²) in [6.07, 6.45) is 4.17. The topological polar surface area (TPSA) is 147 Å². The molecule has 1 aliphatic rings. The van der Waals surface area contributed by atoms with Gasteiger partial charge in [0.25, 0.3) is 5.91 Å². The summed E-state index contributed by atoms with van der Waals surface area (Å²) in [5.74, 6) is 1.78. The molecule has 0 radical (unpaired) electrons. The zero-order valence-electron chi connectivity index (χ0n) is 27.5. The van der Waals surface area contributed by atoms with Crippen LogP contribution in [0.3, 0.4) is 0 Å². The maximum absolute atomic E-state index is 14.5. The first-order valence-electron chi connectivity index (χ1n) is 16.0. The third-order valence-electron chi connectivity index (χ3n) is 8.09. The number of amides is 1. The Bertz CT molecular complexity index is 1820. The number of azide groups is 1. The molecule has 0 bridgehead atoms. The number of aliphatic hydroxyl groups excluding tert-OH is 1. The van der Waals surface area contributed by atoms with Crippen molar-refractivity contribution in [1.82, 2.24) is 5.32 Å². The number of hydrogen-bond donors (Lipinski definition) is 2. The first-order valence-corrected chi connectivity index (χ1v) is 16.0. The quantitative estimate of drug-likeness (QED) is 0.0565. The maximum Gasteiger partial charge on any atom is 0.252 e. The van der Waals surface area contributed by atoms with Crippen LogP contribution in [0, 0.1) is 0 Å². The molecule has 0 aliphatic carbocycles. The lowest BCUT2D eigenvalue weighted by molar-refractivity contribution is -0.128. The predicted molar refractivity (Wildman–Crippen MR) is 188 cm³/mol. The second-order valence-electron chi connectivity index (χ2n) is 11.2. The molecule has 2 N–H and O–H groups in total. The van der Waals surface area contributed by atoms with E-state index < -0.39 is 11.6 Å². The number of hydrogen-bond acceptors (Lipinski definition) is 8. The van der Waals surface area contributed by atoms with Crippen molar-refractivity contribution in [3.63, 3.8) is 0 Å². The van der Waals surface area contributed by atoms with Crippen LogP contribution >= 0.6 is 0 Å². The molecule has 0 unspecified atom stereocenters. The molecular formula is C38H39N5O6. The molecule has 0 spiro atoms. The van der Waals surface area contributed by atoms with Crippen LogP contribution in [0.4, 0.5) is 5.69 Å². The number of ether oxygens (including phenoxy) is 4. The summed E-state index contributed by atoms with van der Waals surface area (Å²) in [4.78, 5) is 22.6. The molecule has 1 aliphatic heterocycles. The number of carbonyl (C=O) groups excluding carboxylic acids is 1. The number of methoxy groups -OCH3 is 2. The van der Waals surface area contributed by atoms with Gasteiger partial charge in [-0.1, -0.05) is 77.9 Å². The van der Waals surface area contributed by atoms with Crippen LogP contribution in [0.15, 0.2) is 113 Å². The lowest BCUT2D eigenvalue weighted by Crippen LogP contribution is -2.48. The summed E-state index contributed by atoms with van der Waals surface area (Å²) in [6.45, 7) is 0.735. The summed E-state index contributed by atoms with van der Waals surface area (Å²) in [6, 6.07) is 29.7. The monoisotopic (exact) mass is 661 g/mol. The number of aliphatic hydroxyl groups is 1. The highest BCUT2D eigenvalue weighted by molar-refractivity contribution is 6.01. The second kappa shape index (κ2) is 16.9. The Labute approximate surface area is 285 Å². The highest BCUT2D eigenvalue weighted by Gasteiger charge is 2.53. The molecule has 0 saturated heterocycles. The minimum absolute atomic E-state index is 0.0403. The Hall–Kier alpha value is -5.77. The van der Waals surface area contributed by atoms with Crippen LogP contribution in [0.5, 0.6) is 17.2 Å². The van der Waals surface area contributed by atoms with E-state index in [1.807, 2.05) is 78.9 Å². The van der Waals surface area contributed by atoms with Crippen LogP contribution in [0.1, 0.15) is 41.2 Å². The third kappa shape index (κ3) is 8.39. The van der Waals surface area contributed by atoms with Gasteiger partial charge in [0.2, 0.25) is 5.90 Å².